The minimum atomic E-state index is 0.393. The van der Waals surface area contributed by atoms with Crippen molar-refractivity contribution in [3.63, 3.8) is 0 Å². The van der Waals surface area contributed by atoms with E-state index < -0.39 is 0 Å². The maximum absolute atomic E-state index is 8.67. The molecule has 0 rings (SSSR count). The van der Waals surface area contributed by atoms with Crippen LogP contribution in [0.3, 0.4) is 0 Å². The lowest BCUT2D eigenvalue weighted by atomic mass is 10.6. The number of rotatable bonds is 4. The van der Waals surface area contributed by atoms with Gasteiger partial charge in [0.1, 0.15) is 0 Å². The van der Waals surface area contributed by atoms with Crippen molar-refractivity contribution in [2.45, 2.75) is 6.92 Å². The quantitative estimate of drug-likeness (QED) is 0.445. The van der Waals surface area contributed by atoms with Gasteiger partial charge in [-0.15, -0.1) is 0 Å². The highest BCUT2D eigenvalue weighted by molar-refractivity contribution is 4.39. The molecular formula is C4H12N2O2. The molecule has 3 N–H and O–H groups in total. The molecule has 0 aromatic rings. The number of nitrogens with zero attached hydrogens (tertiary/aromatic N) is 1. The maximum atomic E-state index is 8.67. The third-order valence-electron chi connectivity index (χ3n) is 0.847. The summed E-state index contributed by atoms with van der Waals surface area (Å²) in [6.07, 6.45) is 0. The molecule has 50 valence electrons. The van der Waals surface area contributed by atoms with E-state index in [0.717, 1.165) is 5.06 Å². The van der Waals surface area contributed by atoms with Crippen LogP contribution in [0, 0.1) is 0 Å². The van der Waals surface area contributed by atoms with Crippen LogP contribution in [-0.4, -0.2) is 35.1 Å². The van der Waals surface area contributed by atoms with Gasteiger partial charge in [-0.05, 0) is 0 Å². The van der Waals surface area contributed by atoms with Crippen molar-refractivity contribution in [3.05, 3.63) is 0 Å². The standard InChI is InChI=1S/C4H12N2O2/c1-2-6(8)4-3-5-7/h5,7-8H,2-4H2,1H3. The Balaban J connectivity index is 2.86. The fraction of sp³-hybridized carbons (Fsp3) is 1.00. The zero-order chi connectivity index (χ0) is 6.41. The van der Waals surface area contributed by atoms with Crippen LogP contribution in [0.4, 0.5) is 0 Å². The Bertz CT molecular complexity index is 51.3. The van der Waals surface area contributed by atoms with Crippen molar-refractivity contribution in [1.82, 2.24) is 10.5 Å². The van der Waals surface area contributed by atoms with E-state index in [4.69, 9.17) is 10.4 Å². The number of hydrogen-bond donors (Lipinski definition) is 3. The Kier molecular flexibility index (Phi) is 4.89. The SMILES string of the molecule is CCN(O)CCNO. The Hall–Kier alpha value is -0.160. The molecule has 0 saturated heterocycles. The molecule has 4 heteroatoms. The fourth-order valence-electron chi connectivity index (χ4n) is 0.337. The Labute approximate surface area is 48.6 Å². The van der Waals surface area contributed by atoms with Gasteiger partial charge >= 0.3 is 0 Å². The van der Waals surface area contributed by atoms with E-state index in [2.05, 4.69) is 0 Å². The lowest BCUT2D eigenvalue weighted by Crippen LogP contribution is -2.27. The molecular weight excluding hydrogens is 108 g/mol. The van der Waals surface area contributed by atoms with Crippen molar-refractivity contribution >= 4 is 0 Å². The molecule has 0 radical (unpaired) electrons. The summed E-state index contributed by atoms with van der Waals surface area (Å²) in [5, 5.41) is 17.8. The largest absolute Gasteiger partial charge is 0.317 e. The highest BCUT2D eigenvalue weighted by atomic mass is 16.5. The topological polar surface area (TPSA) is 55.7 Å². The van der Waals surface area contributed by atoms with E-state index in [1.165, 1.54) is 0 Å². The third-order valence-corrected chi connectivity index (χ3v) is 0.847. The molecule has 0 aliphatic carbocycles. The van der Waals surface area contributed by atoms with E-state index in [1.54, 1.807) is 0 Å². The van der Waals surface area contributed by atoms with Crippen LogP contribution in [0.1, 0.15) is 6.92 Å². The molecule has 0 unspecified atom stereocenters. The first-order valence-corrected chi connectivity index (χ1v) is 2.62. The van der Waals surface area contributed by atoms with Crippen LogP contribution < -0.4 is 5.48 Å². The second-order valence-corrected chi connectivity index (χ2v) is 1.45. The van der Waals surface area contributed by atoms with Gasteiger partial charge in [0.05, 0.1) is 0 Å². The average Bonchev–Trinajstić information content (AvgIpc) is 1.83. The first-order valence-electron chi connectivity index (χ1n) is 2.62. The van der Waals surface area contributed by atoms with Crippen molar-refractivity contribution in [2.24, 2.45) is 0 Å². The minimum absolute atomic E-state index is 0.393. The van der Waals surface area contributed by atoms with Gasteiger partial charge in [-0.1, -0.05) is 6.92 Å². The molecule has 0 aliphatic rings. The maximum Gasteiger partial charge on any atom is 0.0386 e. The zero-order valence-electron chi connectivity index (χ0n) is 4.96. The van der Waals surface area contributed by atoms with E-state index in [9.17, 15) is 0 Å². The molecule has 0 bridgehead atoms. The first-order chi connectivity index (χ1) is 3.81. The van der Waals surface area contributed by atoms with E-state index in [1.807, 2.05) is 12.4 Å². The Morgan fingerprint density at radius 1 is 1.62 bits per heavy atom. The lowest BCUT2D eigenvalue weighted by Gasteiger charge is -2.09. The van der Waals surface area contributed by atoms with Crippen molar-refractivity contribution in [2.75, 3.05) is 19.6 Å². The Morgan fingerprint density at radius 3 is 2.62 bits per heavy atom. The summed E-state index contributed by atoms with van der Waals surface area (Å²) in [5.74, 6) is 0. The van der Waals surface area contributed by atoms with Gasteiger partial charge in [-0.25, -0.2) is 5.48 Å². The molecule has 0 aromatic heterocycles. The average molecular weight is 120 g/mol. The van der Waals surface area contributed by atoms with Gasteiger partial charge < -0.3 is 10.4 Å². The zero-order valence-corrected chi connectivity index (χ0v) is 4.96. The van der Waals surface area contributed by atoms with Crippen molar-refractivity contribution in [3.8, 4) is 0 Å². The summed E-state index contributed by atoms with van der Waals surface area (Å²) in [5.41, 5.74) is 1.93. The third kappa shape index (κ3) is 4.01. The molecule has 0 aliphatic heterocycles. The predicted octanol–water partition coefficient (Wildman–Crippen LogP) is -0.324. The number of nitrogens with one attached hydrogen (secondary N) is 1. The van der Waals surface area contributed by atoms with E-state index in [0.29, 0.717) is 19.6 Å². The van der Waals surface area contributed by atoms with Gasteiger partial charge in [0.2, 0.25) is 0 Å². The summed E-state index contributed by atoms with van der Waals surface area (Å²) in [6, 6.07) is 0. The van der Waals surface area contributed by atoms with Gasteiger partial charge in [-0.2, -0.15) is 5.06 Å². The van der Waals surface area contributed by atoms with Gasteiger partial charge in [0.15, 0.2) is 0 Å². The van der Waals surface area contributed by atoms with Crippen LogP contribution in [0.15, 0.2) is 0 Å². The molecule has 0 aromatic carbocycles. The van der Waals surface area contributed by atoms with E-state index >= 15 is 0 Å². The molecule has 4 nitrogen and oxygen atoms in total. The molecule has 0 saturated carbocycles. The van der Waals surface area contributed by atoms with Gasteiger partial charge in [0.25, 0.3) is 0 Å². The highest BCUT2D eigenvalue weighted by Crippen LogP contribution is 1.74. The molecule has 0 spiro atoms. The summed E-state index contributed by atoms with van der Waals surface area (Å²) >= 11 is 0. The normalized spacial score (nSPS) is 10.5. The van der Waals surface area contributed by atoms with Crippen LogP contribution >= 0.6 is 0 Å². The van der Waals surface area contributed by atoms with Crippen LogP contribution in [-0.2, 0) is 0 Å². The molecule has 0 fully saturated rings. The van der Waals surface area contributed by atoms with Crippen LogP contribution in [0.5, 0.6) is 0 Å². The van der Waals surface area contributed by atoms with Gasteiger partial charge in [0, 0.05) is 19.6 Å². The minimum Gasteiger partial charge on any atom is -0.317 e. The van der Waals surface area contributed by atoms with Gasteiger partial charge in [-0.3, -0.25) is 0 Å². The first kappa shape index (κ1) is 7.84. The Morgan fingerprint density at radius 2 is 2.25 bits per heavy atom. The molecule has 0 atom stereocenters. The summed E-state index contributed by atoms with van der Waals surface area (Å²) in [4.78, 5) is 0. The monoisotopic (exact) mass is 120 g/mol. The van der Waals surface area contributed by atoms with Crippen molar-refractivity contribution < 1.29 is 10.4 Å². The second-order valence-electron chi connectivity index (χ2n) is 1.45. The summed E-state index contributed by atoms with van der Waals surface area (Å²) in [7, 11) is 0. The second kappa shape index (κ2) is 4.99. The number of hydroxylamine groups is 3. The highest BCUT2D eigenvalue weighted by Gasteiger charge is 1.91. The number of hydrogen-bond acceptors (Lipinski definition) is 4. The summed E-state index contributed by atoms with van der Waals surface area (Å²) < 4.78 is 0. The predicted molar refractivity (Wildman–Crippen MR) is 28.8 cm³/mol. The van der Waals surface area contributed by atoms with Crippen LogP contribution in [0.25, 0.3) is 0 Å². The molecule has 0 heterocycles. The van der Waals surface area contributed by atoms with Crippen molar-refractivity contribution in [1.29, 1.82) is 0 Å². The molecule has 0 amide bonds. The van der Waals surface area contributed by atoms with E-state index in [-0.39, 0.29) is 0 Å². The fourth-order valence-corrected chi connectivity index (χ4v) is 0.337. The summed E-state index contributed by atoms with van der Waals surface area (Å²) in [6.45, 7) is 3.26. The number of likely N-dealkylation sites (N-methyl/N-ethyl adjacent to an activating group) is 1. The van der Waals surface area contributed by atoms with Crippen LogP contribution in [0.2, 0.25) is 0 Å². The molecule has 8 heavy (non-hydrogen) atoms. The lowest BCUT2D eigenvalue weighted by molar-refractivity contribution is -0.0892. The smallest absolute Gasteiger partial charge is 0.0386 e.